The number of fused-ring (bicyclic) bond motifs is 6. The average molecular weight is 390 g/mol. The predicted octanol–water partition coefficient (Wildman–Crippen LogP) is 5.55. The third-order valence-corrected chi connectivity index (χ3v) is 8.07. The minimum atomic E-state index is -0.231. The number of aromatic nitrogens is 1. The Balaban J connectivity index is 1.89. The van der Waals surface area contributed by atoms with Gasteiger partial charge in [-0.2, -0.15) is 0 Å². The third kappa shape index (κ3) is 1.51. The highest BCUT2D eigenvalue weighted by atomic mass is 16.3. The first-order chi connectivity index (χ1) is 14.4. The number of benzene rings is 3. The van der Waals surface area contributed by atoms with Crippen LogP contribution < -0.4 is 10.5 Å². The molecule has 0 amide bonds. The van der Waals surface area contributed by atoms with E-state index >= 15 is 0 Å². The number of furan rings is 1. The van der Waals surface area contributed by atoms with Crippen molar-refractivity contribution >= 4 is 49.7 Å². The molecule has 3 aromatic carbocycles. The van der Waals surface area contributed by atoms with E-state index in [1.807, 2.05) is 0 Å². The fraction of sp³-hybridized carbons (Fsp3) is 0.222. The zero-order valence-electron chi connectivity index (χ0n) is 17.6. The maximum absolute atomic E-state index is 6.42. The highest BCUT2D eigenvalue weighted by Crippen LogP contribution is 2.64. The summed E-state index contributed by atoms with van der Waals surface area (Å²) in [5, 5.41) is 11.0. The van der Waals surface area contributed by atoms with Crippen LogP contribution in [0.25, 0.3) is 49.7 Å². The Hall–Kier alpha value is -3.33. The Morgan fingerprint density at radius 3 is 2.43 bits per heavy atom. The summed E-state index contributed by atoms with van der Waals surface area (Å²) in [4.78, 5) is 5.30. The van der Waals surface area contributed by atoms with E-state index in [2.05, 4.69) is 82.2 Å². The molecule has 3 heteroatoms. The molecule has 1 aliphatic heterocycles. The van der Waals surface area contributed by atoms with E-state index in [0.717, 1.165) is 33.0 Å². The Labute approximate surface area is 174 Å². The third-order valence-electron chi connectivity index (χ3n) is 8.07. The van der Waals surface area contributed by atoms with Crippen molar-refractivity contribution in [1.29, 1.82) is 0 Å². The summed E-state index contributed by atoms with van der Waals surface area (Å²) in [5.74, 6) is 0.937. The summed E-state index contributed by atoms with van der Waals surface area (Å²) in [5.41, 5.74) is 6.08. The van der Waals surface area contributed by atoms with Crippen molar-refractivity contribution in [3.63, 3.8) is 0 Å². The standard InChI is InChI=1S/C27H22N2O/c1-13-8-6-9-16-17-10-7-11-18-21(17)23-19(20(13)16)12-28-27(5)15(3)26(27,4)22-14(2)30-25(18)24(22)29-23/h6-12,28H,3H2,1-2,4-5H3. The molecule has 1 N–H and O–H groups in total. The van der Waals surface area contributed by atoms with Crippen molar-refractivity contribution in [2.45, 2.75) is 38.6 Å². The SMILES string of the molecule is C=C1C2(C)NC=c3c4nc5c(c(C)oc5c5cccc(c6cccc(C)c36)c45)C12C. The first-order valence-electron chi connectivity index (χ1n) is 10.5. The summed E-state index contributed by atoms with van der Waals surface area (Å²) in [6.07, 6.45) is 2.18. The zero-order chi connectivity index (χ0) is 20.6. The normalized spacial score (nSPS) is 24.9. The van der Waals surface area contributed by atoms with Crippen molar-refractivity contribution in [2.24, 2.45) is 0 Å². The van der Waals surface area contributed by atoms with Crippen LogP contribution in [0, 0.1) is 13.8 Å². The molecule has 3 nitrogen and oxygen atoms in total. The first-order valence-corrected chi connectivity index (χ1v) is 10.5. The molecule has 2 aromatic heterocycles. The molecule has 2 aliphatic rings. The van der Waals surface area contributed by atoms with Gasteiger partial charge in [0.1, 0.15) is 11.3 Å². The van der Waals surface area contributed by atoms with E-state index in [4.69, 9.17) is 9.40 Å². The Kier molecular flexibility index (Phi) is 2.58. The van der Waals surface area contributed by atoms with Crippen molar-refractivity contribution in [1.82, 2.24) is 10.3 Å². The topological polar surface area (TPSA) is 38.1 Å². The van der Waals surface area contributed by atoms with Gasteiger partial charge in [0.2, 0.25) is 0 Å². The molecule has 0 spiro atoms. The monoisotopic (exact) mass is 390 g/mol. The second-order valence-electron chi connectivity index (χ2n) is 9.33. The number of nitrogens with one attached hydrogen (secondary N) is 1. The molecule has 7 rings (SSSR count). The van der Waals surface area contributed by atoms with Gasteiger partial charge in [-0.3, -0.25) is 0 Å². The summed E-state index contributed by atoms with van der Waals surface area (Å²) in [6, 6.07) is 13.1. The van der Waals surface area contributed by atoms with Gasteiger partial charge in [-0.25, -0.2) is 4.98 Å². The molecule has 1 aliphatic carbocycles. The van der Waals surface area contributed by atoms with Crippen LogP contribution in [0.15, 0.2) is 53.0 Å². The van der Waals surface area contributed by atoms with Crippen LogP contribution in [0.2, 0.25) is 0 Å². The van der Waals surface area contributed by atoms with E-state index in [0.29, 0.717) is 0 Å². The highest BCUT2D eigenvalue weighted by Gasteiger charge is 2.68. The van der Waals surface area contributed by atoms with E-state index in [-0.39, 0.29) is 11.0 Å². The molecular weight excluding hydrogens is 368 g/mol. The van der Waals surface area contributed by atoms with Gasteiger partial charge in [-0.15, -0.1) is 0 Å². The van der Waals surface area contributed by atoms with Gasteiger partial charge in [0.05, 0.1) is 11.1 Å². The number of nitrogens with zero attached hydrogens (tertiary/aromatic N) is 1. The smallest absolute Gasteiger partial charge is 0.160 e. The summed E-state index contributed by atoms with van der Waals surface area (Å²) in [6.45, 7) is 13.2. The number of aryl methyl sites for hydroxylation is 2. The fourth-order valence-electron chi connectivity index (χ4n) is 6.13. The molecule has 146 valence electrons. The van der Waals surface area contributed by atoms with Gasteiger partial charge < -0.3 is 9.73 Å². The molecule has 30 heavy (non-hydrogen) atoms. The average Bonchev–Trinajstić information content (AvgIpc) is 2.99. The second-order valence-corrected chi connectivity index (χ2v) is 9.33. The van der Waals surface area contributed by atoms with Crippen LogP contribution in [-0.2, 0) is 5.41 Å². The maximum Gasteiger partial charge on any atom is 0.160 e. The Morgan fingerprint density at radius 2 is 1.63 bits per heavy atom. The molecule has 1 saturated carbocycles. The molecule has 2 bridgehead atoms. The molecule has 0 saturated heterocycles. The molecule has 1 fully saturated rings. The van der Waals surface area contributed by atoms with E-state index in [1.54, 1.807) is 0 Å². The summed E-state index contributed by atoms with van der Waals surface area (Å²) >= 11 is 0. The number of hydrogen-bond donors (Lipinski definition) is 1. The van der Waals surface area contributed by atoms with Crippen molar-refractivity contribution < 1.29 is 4.42 Å². The maximum atomic E-state index is 6.42. The van der Waals surface area contributed by atoms with Gasteiger partial charge >= 0.3 is 0 Å². The van der Waals surface area contributed by atoms with Crippen LogP contribution in [0.3, 0.4) is 0 Å². The lowest BCUT2D eigenvalue weighted by molar-refractivity contribution is 0.526. The largest absolute Gasteiger partial charge is 0.459 e. The summed E-state index contributed by atoms with van der Waals surface area (Å²) < 4.78 is 6.42. The minimum Gasteiger partial charge on any atom is -0.459 e. The van der Waals surface area contributed by atoms with Crippen LogP contribution >= 0.6 is 0 Å². The van der Waals surface area contributed by atoms with Crippen LogP contribution in [0.5, 0.6) is 0 Å². The van der Waals surface area contributed by atoms with Crippen molar-refractivity contribution in [3.05, 3.63) is 70.7 Å². The van der Waals surface area contributed by atoms with E-state index < -0.39 is 0 Å². The zero-order valence-corrected chi connectivity index (χ0v) is 17.6. The highest BCUT2D eigenvalue weighted by molar-refractivity contribution is 6.25. The van der Waals surface area contributed by atoms with Crippen LogP contribution in [0.1, 0.15) is 30.7 Å². The van der Waals surface area contributed by atoms with Crippen molar-refractivity contribution in [3.8, 4) is 0 Å². The lowest BCUT2D eigenvalue weighted by atomic mass is 9.91. The van der Waals surface area contributed by atoms with Gasteiger partial charge in [-0.05, 0) is 55.0 Å². The molecule has 5 aromatic rings. The number of rotatable bonds is 0. The minimum absolute atomic E-state index is 0.216. The van der Waals surface area contributed by atoms with E-state index in [9.17, 15) is 0 Å². The lowest BCUT2D eigenvalue weighted by Gasteiger charge is -2.17. The number of hydrogen-bond acceptors (Lipinski definition) is 3. The predicted molar refractivity (Wildman–Crippen MR) is 124 cm³/mol. The molecule has 0 radical (unpaired) electrons. The molecule has 2 atom stereocenters. The molecular formula is C27H22N2O. The van der Waals surface area contributed by atoms with Crippen LogP contribution in [-0.4, -0.2) is 10.5 Å². The quantitative estimate of drug-likeness (QED) is 0.214. The first kappa shape index (κ1) is 16.5. The van der Waals surface area contributed by atoms with Crippen molar-refractivity contribution in [2.75, 3.05) is 0 Å². The Bertz CT molecular complexity index is 1690. The number of pyridine rings is 1. The second kappa shape index (κ2) is 4.70. The Morgan fingerprint density at radius 1 is 0.933 bits per heavy atom. The molecule has 2 unspecified atom stereocenters. The van der Waals surface area contributed by atoms with E-state index in [1.165, 1.54) is 38.2 Å². The van der Waals surface area contributed by atoms with Gasteiger partial charge in [0, 0.05) is 33.2 Å². The molecule has 3 heterocycles. The van der Waals surface area contributed by atoms with Gasteiger partial charge in [0.25, 0.3) is 0 Å². The lowest BCUT2D eigenvalue weighted by Crippen LogP contribution is -2.32. The van der Waals surface area contributed by atoms with Gasteiger partial charge in [-0.1, -0.05) is 43.0 Å². The fourth-order valence-corrected chi connectivity index (χ4v) is 6.13. The van der Waals surface area contributed by atoms with Crippen LogP contribution in [0.4, 0.5) is 0 Å². The van der Waals surface area contributed by atoms with Gasteiger partial charge in [0.15, 0.2) is 5.58 Å². The summed E-state index contributed by atoms with van der Waals surface area (Å²) in [7, 11) is 0.